The first-order valence-corrected chi connectivity index (χ1v) is 6.25. The van der Waals surface area contributed by atoms with E-state index in [1.165, 1.54) is 0 Å². The second-order valence-electron chi connectivity index (χ2n) is 3.28. The van der Waals surface area contributed by atoms with Gasteiger partial charge in [-0.2, -0.15) is 0 Å². The lowest BCUT2D eigenvalue weighted by molar-refractivity contribution is -0.921. The second kappa shape index (κ2) is 4.93. The summed E-state index contributed by atoms with van der Waals surface area (Å²) < 4.78 is 32.1. The van der Waals surface area contributed by atoms with E-state index in [2.05, 4.69) is 0 Å². The molecular formula is C8H20NO3S+. The minimum Gasteiger partial charge on any atom is -0.748 e. The highest BCUT2D eigenvalue weighted by Crippen LogP contribution is 2.05. The normalized spacial score (nSPS) is 13.2. The van der Waals surface area contributed by atoms with Gasteiger partial charge >= 0.3 is 1.43 Å². The Labute approximate surface area is 82.4 Å². The summed E-state index contributed by atoms with van der Waals surface area (Å²) in [6.07, 6.45) is 0. The lowest BCUT2D eigenvalue weighted by atomic mass is 10.3. The predicted octanol–water partition coefficient (Wildman–Crippen LogP) is 0.521. The minimum atomic E-state index is -4.05. The Bertz CT molecular complexity index is 229. The van der Waals surface area contributed by atoms with Crippen molar-refractivity contribution in [3.63, 3.8) is 0 Å². The van der Waals surface area contributed by atoms with Gasteiger partial charge in [-0.3, -0.25) is 0 Å². The van der Waals surface area contributed by atoms with Gasteiger partial charge in [0, 0.05) is 0 Å². The summed E-state index contributed by atoms with van der Waals surface area (Å²) in [5.41, 5.74) is 0. The number of hydrogen-bond acceptors (Lipinski definition) is 3. The van der Waals surface area contributed by atoms with Crippen LogP contribution in [0.25, 0.3) is 0 Å². The zero-order valence-corrected chi connectivity index (χ0v) is 9.43. The molecule has 0 amide bonds. The summed E-state index contributed by atoms with van der Waals surface area (Å²) in [6.45, 7) is 9.13. The molecular weight excluding hydrogens is 190 g/mol. The van der Waals surface area contributed by atoms with E-state index in [1.807, 2.05) is 20.8 Å². The van der Waals surface area contributed by atoms with E-state index in [1.54, 1.807) is 0 Å². The van der Waals surface area contributed by atoms with Crippen molar-refractivity contribution in [3.8, 4) is 0 Å². The average molecular weight is 210 g/mol. The molecule has 0 N–H and O–H groups in total. The average Bonchev–Trinajstić information content (AvgIpc) is 2.06. The van der Waals surface area contributed by atoms with Gasteiger partial charge in [0.05, 0.1) is 31.9 Å². The summed E-state index contributed by atoms with van der Waals surface area (Å²) in [4.78, 5) is 0. The maximum atomic E-state index is 10.5. The van der Waals surface area contributed by atoms with E-state index < -0.39 is 10.1 Å². The molecule has 0 bridgehead atoms. The molecule has 0 aromatic heterocycles. The van der Waals surface area contributed by atoms with E-state index in [-0.39, 0.29) is 7.18 Å². The van der Waals surface area contributed by atoms with Gasteiger partial charge < -0.3 is 9.04 Å². The number of nitrogens with zero attached hydrogens (tertiary/aromatic N) is 1. The fourth-order valence-electron chi connectivity index (χ4n) is 1.45. The first-order valence-electron chi connectivity index (χ1n) is 4.67. The van der Waals surface area contributed by atoms with Crippen LogP contribution in [-0.2, 0) is 10.1 Å². The van der Waals surface area contributed by atoms with Crippen LogP contribution in [0.15, 0.2) is 0 Å². The minimum absolute atomic E-state index is 0. The van der Waals surface area contributed by atoms with Gasteiger partial charge in [-0.1, -0.05) is 0 Å². The first-order chi connectivity index (χ1) is 5.89. The highest BCUT2D eigenvalue weighted by molar-refractivity contribution is 7.85. The van der Waals surface area contributed by atoms with Crippen molar-refractivity contribution in [2.24, 2.45) is 0 Å². The maximum absolute atomic E-state index is 10.5. The Hall–Kier alpha value is -0.130. The number of hydrogen-bond donors (Lipinski definition) is 0. The van der Waals surface area contributed by atoms with Gasteiger partial charge in [0.2, 0.25) is 0 Å². The van der Waals surface area contributed by atoms with Crippen molar-refractivity contribution in [2.75, 3.05) is 31.9 Å². The zero-order valence-electron chi connectivity index (χ0n) is 9.62. The Balaban J connectivity index is 0. The van der Waals surface area contributed by atoms with Crippen LogP contribution in [0.2, 0.25) is 0 Å². The monoisotopic (exact) mass is 210 g/mol. The molecule has 5 heteroatoms. The molecule has 0 saturated carbocycles. The van der Waals surface area contributed by atoms with Crippen LogP contribution in [0.1, 0.15) is 22.2 Å². The molecule has 0 aromatic rings. The highest BCUT2D eigenvalue weighted by Gasteiger charge is 2.20. The van der Waals surface area contributed by atoms with Crippen LogP contribution in [0.3, 0.4) is 0 Å². The summed E-state index contributed by atoms with van der Waals surface area (Å²) >= 11 is 0. The summed E-state index contributed by atoms with van der Waals surface area (Å²) in [7, 11) is -4.05. The van der Waals surface area contributed by atoms with Crippen LogP contribution >= 0.6 is 0 Å². The molecule has 0 radical (unpaired) electrons. The molecule has 0 saturated heterocycles. The molecule has 0 fully saturated rings. The fourth-order valence-corrected chi connectivity index (χ4v) is 2.06. The summed E-state index contributed by atoms with van der Waals surface area (Å²) in [5, 5.41) is 0. The second-order valence-corrected chi connectivity index (χ2v) is 4.80. The smallest absolute Gasteiger partial charge is 0.748 e. The Morgan fingerprint density at radius 1 is 1.15 bits per heavy atom. The van der Waals surface area contributed by atoms with Gasteiger partial charge in [0.15, 0.2) is 0 Å². The van der Waals surface area contributed by atoms with Gasteiger partial charge in [-0.15, -0.1) is 0 Å². The standard InChI is InChI=1S/C8H19NO3S/c1-4-9(5-2,6-3)7-8-13(10,11)12/h4-8H2,1-3H3/p+1. The highest BCUT2D eigenvalue weighted by atomic mass is 32.2. The van der Waals surface area contributed by atoms with E-state index in [0.29, 0.717) is 11.0 Å². The van der Waals surface area contributed by atoms with E-state index >= 15 is 0 Å². The third-order valence-electron chi connectivity index (χ3n) is 2.83. The predicted molar refractivity (Wildman–Crippen MR) is 52.4 cm³/mol. The lowest BCUT2D eigenvalue weighted by Crippen LogP contribution is -2.50. The molecule has 0 spiro atoms. The fraction of sp³-hybridized carbons (Fsp3) is 1.00. The SMILES string of the molecule is CC[N+](CC)(CC)CCS(=O)(=O)[O-].[H+]. The number of quaternary nitrogens is 1. The van der Waals surface area contributed by atoms with Crippen LogP contribution < -0.4 is 0 Å². The van der Waals surface area contributed by atoms with Crippen molar-refractivity contribution >= 4 is 10.1 Å². The topological polar surface area (TPSA) is 57.2 Å². The molecule has 0 rings (SSSR count). The summed E-state index contributed by atoms with van der Waals surface area (Å²) in [6, 6.07) is 0. The van der Waals surface area contributed by atoms with Gasteiger partial charge in [0.25, 0.3) is 0 Å². The summed E-state index contributed by atoms with van der Waals surface area (Å²) in [5.74, 6) is -0.248. The van der Waals surface area contributed by atoms with Gasteiger partial charge in [-0.25, -0.2) is 8.42 Å². The first kappa shape index (κ1) is 12.9. The maximum Gasteiger partial charge on any atom is 1.00 e. The Morgan fingerprint density at radius 2 is 1.54 bits per heavy atom. The molecule has 4 nitrogen and oxygen atoms in total. The van der Waals surface area contributed by atoms with Crippen molar-refractivity contribution in [1.29, 1.82) is 0 Å². The Morgan fingerprint density at radius 3 is 1.77 bits per heavy atom. The van der Waals surface area contributed by atoms with Crippen molar-refractivity contribution in [1.82, 2.24) is 0 Å². The third kappa shape index (κ3) is 4.59. The van der Waals surface area contributed by atoms with Crippen molar-refractivity contribution < 1.29 is 18.9 Å². The number of rotatable bonds is 6. The third-order valence-corrected chi connectivity index (χ3v) is 3.51. The van der Waals surface area contributed by atoms with Crippen LogP contribution in [0.4, 0.5) is 0 Å². The quantitative estimate of drug-likeness (QED) is 0.474. The largest absolute Gasteiger partial charge is 1.00 e. The zero-order chi connectivity index (χ0) is 10.5. The molecule has 80 valence electrons. The van der Waals surface area contributed by atoms with Gasteiger partial charge in [-0.05, 0) is 20.8 Å². The molecule has 0 aliphatic heterocycles. The van der Waals surface area contributed by atoms with Crippen LogP contribution in [-0.4, -0.2) is 49.4 Å². The molecule has 0 aliphatic carbocycles. The molecule has 13 heavy (non-hydrogen) atoms. The van der Waals surface area contributed by atoms with Crippen molar-refractivity contribution in [3.05, 3.63) is 0 Å². The Kier molecular flexibility index (Phi) is 4.88. The van der Waals surface area contributed by atoms with Crippen LogP contribution in [0.5, 0.6) is 0 Å². The molecule has 0 atom stereocenters. The van der Waals surface area contributed by atoms with Gasteiger partial charge in [0.1, 0.15) is 10.1 Å². The molecule has 0 aromatic carbocycles. The van der Waals surface area contributed by atoms with E-state index in [9.17, 15) is 13.0 Å². The molecule has 0 heterocycles. The molecule has 0 aliphatic rings. The lowest BCUT2D eigenvalue weighted by Gasteiger charge is -2.36. The van der Waals surface area contributed by atoms with Crippen molar-refractivity contribution in [2.45, 2.75) is 20.8 Å². The van der Waals surface area contributed by atoms with E-state index in [4.69, 9.17) is 0 Å². The molecule has 0 unspecified atom stereocenters. The van der Waals surface area contributed by atoms with E-state index in [0.717, 1.165) is 19.6 Å². The van der Waals surface area contributed by atoms with Crippen LogP contribution in [0, 0.1) is 0 Å².